The Morgan fingerprint density at radius 3 is 2.08 bits per heavy atom. The van der Waals surface area contributed by atoms with Crippen molar-refractivity contribution < 1.29 is 0 Å². The van der Waals surface area contributed by atoms with Crippen LogP contribution in [-0.4, -0.2) is 5.54 Å². The summed E-state index contributed by atoms with van der Waals surface area (Å²) in [4.78, 5) is 0. The molecule has 0 saturated heterocycles. The van der Waals surface area contributed by atoms with Gasteiger partial charge in [0.25, 0.3) is 0 Å². The summed E-state index contributed by atoms with van der Waals surface area (Å²) in [5, 5.41) is 0. The molecule has 2 heteroatoms. The second-order valence-electron chi connectivity index (χ2n) is 4.22. The van der Waals surface area contributed by atoms with Crippen molar-refractivity contribution in [3.8, 4) is 0 Å². The summed E-state index contributed by atoms with van der Waals surface area (Å²) >= 11 is 0. The molecule has 0 fully saturated rings. The van der Waals surface area contributed by atoms with E-state index in [9.17, 15) is 0 Å². The van der Waals surface area contributed by atoms with E-state index in [0.717, 1.165) is 0 Å². The number of hydrogen-bond donors (Lipinski definition) is 1. The number of nitrogens with two attached hydrogens (primary N) is 1. The third kappa shape index (κ3) is 7.11. The SMILES string of the molecule is Br.CCCCCC(C)C(C)(C)N. The van der Waals surface area contributed by atoms with Crippen molar-refractivity contribution in [1.29, 1.82) is 0 Å². The molecule has 0 aromatic heterocycles. The standard InChI is InChI=1S/C10H23N.BrH/c1-5-6-7-8-9(2)10(3,4)11;/h9H,5-8,11H2,1-4H3;1H. The van der Waals surface area contributed by atoms with Gasteiger partial charge in [0.05, 0.1) is 0 Å². The van der Waals surface area contributed by atoms with Crippen LogP contribution in [0.3, 0.4) is 0 Å². The lowest BCUT2D eigenvalue weighted by molar-refractivity contribution is 0.317. The van der Waals surface area contributed by atoms with E-state index in [1.54, 1.807) is 0 Å². The minimum atomic E-state index is 0. The topological polar surface area (TPSA) is 26.0 Å². The van der Waals surface area contributed by atoms with E-state index in [1.165, 1.54) is 25.7 Å². The average molecular weight is 238 g/mol. The summed E-state index contributed by atoms with van der Waals surface area (Å²) in [6, 6.07) is 0. The second-order valence-corrected chi connectivity index (χ2v) is 4.22. The van der Waals surface area contributed by atoms with E-state index in [0.29, 0.717) is 5.92 Å². The predicted octanol–water partition coefficient (Wildman–Crippen LogP) is 3.52. The predicted molar refractivity (Wildman–Crippen MR) is 61.9 cm³/mol. The van der Waals surface area contributed by atoms with E-state index in [4.69, 9.17) is 5.73 Å². The fraction of sp³-hybridized carbons (Fsp3) is 1.00. The lowest BCUT2D eigenvalue weighted by Gasteiger charge is -2.27. The summed E-state index contributed by atoms with van der Waals surface area (Å²) in [6.45, 7) is 8.71. The average Bonchev–Trinajstić information content (AvgIpc) is 1.86. The zero-order valence-electron chi connectivity index (χ0n) is 8.89. The molecule has 2 N–H and O–H groups in total. The minimum absolute atomic E-state index is 0. The van der Waals surface area contributed by atoms with Gasteiger partial charge >= 0.3 is 0 Å². The molecule has 0 bridgehead atoms. The highest BCUT2D eigenvalue weighted by molar-refractivity contribution is 8.93. The van der Waals surface area contributed by atoms with Crippen molar-refractivity contribution in [3.05, 3.63) is 0 Å². The Labute approximate surface area is 87.9 Å². The highest BCUT2D eigenvalue weighted by Gasteiger charge is 2.19. The first-order valence-electron chi connectivity index (χ1n) is 4.77. The molecule has 0 aliphatic rings. The molecule has 0 spiro atoms. The summed E-state index contributed by atoms with van der Waals surface area (Å²) in [7, 11) is 0. The molecule has 0 aromatic rings. The first-order valence-corrected chi connectivity index (χ1v) is 4.77. The lowest BCUT2D eigenvalue weighted by atomic mass is 9.86. The third-order valence-corrected chi connectivity index (χ3v) is 2.51. The number of rotatable bonds is 5. The van der Waals surface area contributed by atoms with Gasteiger partial charge in [-0.05, 0) is 26.2 Å². The molecular weight excluding hydrogens is 214 g/mol. The molecule has 0 aliphatic heterocycles. The Morgan fingerprint density at radius 1 is 1.25 bits per heavy atom. The van der Waals surface area contributed by atoms with Crippen LogP contribution in [0.4, 0.5) is 0 Å². The molecule has 0 aromatic carbocycles. The third-order valence-electron chi connectivity index (χ3n) is 2.51. The van der Waals surface area contributed by atoms with Gasteiger partial charge in [0, 0.05) is 5.54 Å². The maximum Gasteiger partial charge on any atom is 0.0123 e. The molecule has 0 aliphatic carbocycles. The Balaban J connectivity index is 0. The highest BCUT2D eigenvalue weighted by Crippen LogP contribution is 2.19. The highest BCUT2D eigenvalue weighted by atomic mass is 79.9. The minimum Gasteiger partial charge on any atom is -0.325 e. The van der Waals surface area contributed by atoms with Crippen molar-refractivity contribution >= 4 is 17.0 Å². The molecule has 1 unspecified atom stereocenters. The molecule has 1 atom stereocenters. The molecule has 0 saturated carbocycles. The zero-order valence-corrected chi connectivity index (χ0v) is 10.6. The van der Waals surface area contributed by atoms with Gasteiger partial charge in [-0.1, -0.05) is 33.1 Å². The Hall–Kier alpha value is 0.440. The summed E-state index contributed by atoms with van der Waals surface area (Å²) < 4.78 is 0. The molecule has 0 rings (SSSR count). The summed E-state index contributed by atoms with van der Waals surface area (Å²) in [6.07, 6.45) is 5.26. The number of unbranched alkanes of at least 4 members (excludes halogenated alkanes) is 2. The summed E-state index contributed by atoms with van der Waals surface area (Å²) in [5.74, 6) is 0.647. The maximum absolute atomic E-state index is 5.96. The number of hydrogen-bond acceptors (Lipinski definition) is 1. The van der Waals surface area contributed by atoms with Gasteiger partial charge in [-0.2, -0.15) is 0 Å². The maximum atomic E-state index is 5.96. The van der Waals surface area contributed by atoms with Gasteiger partial charge in [-0.25, -0.2) is 0 Å². The van der Waals surface area contributed by atoms with Crippen molar-refractivity contribution in [1.82, 2.24) is 0 Å². The largest absolute Gasteiger partial charge is 0.325 e. The molecule has 0 heterocycles. The molecule has 0 amide bonds. The molecule has 12 heavy (non-hydrogen) atoms. The van der Waals surface area contributed by atoms with Crippen LogP contribution >= 0.6 is 17.0 Å². The van der Waals surface area contributed by atoms with Gasteiger partial charge in [-0.3, -0.25) is 0 Å². The fourth-order valence-electron chi connectivity index (χ4n) is 1.07. The van der Waals surface area contributed by atoms with Crippen LogP contribution in [0.5, 0.6) is 0 Å². The number of halogens is 1. The molecule has 1 nitrogen and oxygen atoms in total. The van der Waals surface area contributed by atoms with Crippen LogP contribution in [0.15, 0.2) is 0 Å². The quantitative estimate of drug-likeness (QED) is 0.728. The van der Waals surface area contributed by atoms with Gasteiger partial charge < -0.3 is 5.73 Å². The van der Waals surface area contributed by atoms with Gasteiger partial charge in [-0.15, -0.1) is 17.0 Å². The summed E-state index contributed by atoms with van der Waals surface area (Å²) in [5.41, 5.74) is 5.97. The van der Waals surface area contributed by atoms with E-state index in [2.05, 4.69) is 27.7 Å². The Bertz CT molecular complexity index is 96.5. The van der Waals surface area contributed by atoms with E-state index >= 15 is 0 Å². The van der Waals surface area contributed by atoms with Crippen LogP contribution in [0.1, 0.15) is 53.4 Å². The van der Waals surface area contributed by atoms with Gasteiger partial charge in [0.2, 0.25) is 0 Å². The van der Waals surface area contributed by atoms with Crippen LogP contribution < -0.4 is 5.73 Å². The lowest BCUT2D eigenvalue weighted by Crippen LogP contribution is -2.39. The first kappa shape index (κ1) is 14.9. The van der Waals surface area contributed by atoms with E-state index in [-0.39, 0.29) is 22.5 Å². The second kappa shape index (κ2) is 6.90. The Kier molecular flexibility index (Phi) is 8.59. The fourth-order valence-corrected chi connectivity index (χ4v) is 1.07. The van der Waals surface area contributed by atoms with Gasteiger partial charge in [0.1, 0.15) is 0 Å². The van der Waals surface area contributed by atoms with Crippen molar-refractivity contribution in [3.63, 3.8) is 0 Å². The van der Waals surface area contributed by atoms with Crippen LogP contribution in [0, 0.1) is 5.92 Å². The molecular formula is C10H24BrN. The van der Waals surface area contributed by atoms with Gasteiger partial charge in [0.15, 0.2) is 0 Å². The zero-order chi connectivity index (χ0) is 8.91. The van der Waals surface area contributed by atoms with Crippen molar-refractivity contribution in [2.24, 2.45) is 11.7 Å². The monoisotopic (exact) mass is 237 g/mol. The normalized spacial score (nSPS) is 13.8. The van der Waals surface area contributed by atoms with Crippen molar-refractivity contribution in [2.45, 2.75) is 58.9 Å². The Morgan fingerprint density at radius 2 is 1.75 bits per heavy atom. The van der Waals surface area contributed by atoms with E-state index < -0.39 is 0 Å². The first-order chi connectivity index (χ1) is 4.98. The smallest absolute Gasteiger partial charge is 0.0123 e. The van der Waals surface area contributed by atoms with E-state index in [1.807, 2.05) is 0 Å². The van der Waals surface area contributed by atoms with Crippen LogP contribution in [-0.2, 0) is 0 Å². The molecule has 0 radical (unpaired) electrons. The van der Waals surface area contributed by atoms with Crippen LogP contribution in [0.25, 0.3) is 0 Å². The molecule has 76 valence electrons. The van der Waals surface area contributed by atoms with Crippen LogP contribution in [0.2, 0.25) is 0 Å². The van der Waals surface area contributed by atoms with Crippen molar-refractivity contribution in [2.75, 3.05) is 0 Å².